The van der Waals surface area contributed by atoms with Crippen molar-refractivity contribution in [3.63, 3.8) is 0 Å². The van der Waals surface area contributed by atoms with E-state index in [2.05, 4.69) is 5.32 Å². The normalized spacial score (nSPS) is 13.4. The number of ether oxygens (including phenoxy) is 1. The summed E-state index contributed by atoms with van der Waals surface area (Å²) in [4.78, 5) is 50.4. The molecule has 1 aliphatic rings. The largest absolute Gasteiger partial charge is 0.456 e. The fourth-order valence-electron chi connectivity index (χ4n) is 2.76. The first-order valence-electron chi connectivity index (χ1n) is 8.98. The van der Waals surface area contributed by atoms with Crippen molar-refractivity contribution in [2.45, 2.75) is 19.8 Å². The molecule has 1 aliphatic heterocycles. The lowest BCUT2D eigenvalue weighted by molar-refractivity contribution is -0.149. The van der Waals surface area contributed by atoms with Crippen LogP contribution >= 0.6 is 11.6 Å². The molecule has 0 atom stereocenters. The van der Waals surface area contributed by atoms with Crippen LogP contribution in [0, 0.1) is 11.3 Å². The molecule has 1 aromatic carbocycles. The first-order valence-corrected chi connectivity index (χ1v) is 9.36. The zero-order valence-corrected chi connectivity index (χ0v) is 16.7. The monoisotopic (exact) mass is 420 g/mol. The lowest BCUT2D eigenvalue weighted by atomic mass is 10.2. The average Bonchev–Trinajstić information content (AvgIpc) is 2.70. The first kappa shape index (κ1) is 22.2. The Kier molecular flexibility index (Phi) is 7.98. The van der Waals surface area contributed by atoms with Gasteiger partial charge in [0.05, 0.1) is 17.7 Å². The average molecular weight is 421 g/mol. The van der Waals surface area contributed by atoms with E-state index in [4.69, 9.17) is 21.6 Å². The third kappa shape index (κ3) is 6.76. The Hall–Kier alpha value is -3.12. The van der Waals surface area contributed by atoms with Crippen LogP contribution in [0.1, 0.15) is 25.3 Å². The van der Waals surface area contributed by atoms with Crippen LogP contribution in [0.25, 0.3) is 0 Å². The molecule has 1 heterocycles. The second-order valence-electron chi connectivity index (χ2n) is 6.40. The topological polar surface area (TPSA) is 120 Å². The summed E-state index contributed by atoms with van der Waals surface area (Å²) in [7, 11) is 0. The van der Waals surface area contributed by atoms with Gasteiger partial charge >= 0.3 is 5.97 Å². The van der Waals surface area contributed by atoms with E-state index in [1.807, 2.05) is 6.07 Å². The molecule has 0 unspecified atom stereocenters. The predicted molar refractivity (Wildman–Crippen MR) is 104 cm³/mol. The number of halogens is 1. The summed E-state index contributed by atoms with van der Waals surface area (Å²) < 4.78 is 4.88. The van der Waals surface area contributed by atoms with Gasteiger partial charge in [-0.2, -0.15) is 5.26 Å². The quantitative estimate of drug-likeness (QED) is 0.689. The third-order valence-corrected chi connectivity index (χ3v) is 4.60. The number of esters is 1. The Morgan fingerprint density at radius 2 is 1.79 bits per heavy atom. The summed E-state index contributed by atoms with van der Waals surface area (Å²) in [6.07, 6.45) is -0.187. The van der Waals surface area contributed by atoms with Gasteiger partial charge in [0.15, 0.2) is 6.61 Å². The van der Waals surface area contributed by atoms with Crippen molar-refractivity contribution in [1.82, 2.24) is 9.80 Å². The SMILES string of the molecule is CC(=O)N1CCN(C(=O)CCC(=O)OCC(=O)Nc2cc(Cl)ccc2C#N)CC1. The minimum atomic E-state index is -0.678. The minimum absolute atomic E-state index is 0.0291. The Morgan fingerprint density at radius 3 is 2.41 bits per heavy atom. The number of piperazine rings is 1. The highest BCUT2D eigenvalue weighted by molar-refractivity contribution is 6.31. The summed E-state index contributed by atoms with van der Waals surface area (Å²) >= 11 is 5.84. The molecule has 0 spiro atoms. The molecular formula is C19H21ClN4O5. The van der Waals surface area contributed by atoms with Crippen LogP contribution in [-0.2, 0) is 23.9 Å². The second kappa shape index (κ2) is 10.4. The summed E-state index contributed by atoms with van der Waals surface area (Å²) in [6, 6.07) is 6.33. The van der Waals surface area contributed by atoms with Crippen LogP contribution < -0.4 is 5.32 Å². The van der Waals surface area contributed by atoms with Crippen molar-refractivity contribution in [3.8, 4) is 6.07 Å². The van der Waals surface area contributed by atoms with Crippen LogP contribution in [0.5, 0.6) is 0 Å². The molecule has 1 aromatic rings. The van der Waals surface area contributed by atoms with E-state index >= 15 is 0 Å². The lowest BCUT2D eigenvalue weighted by Crippen LogP contribution is -2.50. The number of rotatable bonds is 6. The molecule has 1 saturated heterocycles. The van der Waals surface area contributed by atoms with E-state index in [0.717, 1.165) is 0 Å². The number of carbonyl (C=O) groups is 4. The maximum absolute atomic E-state index is 12.2. The van der Waals surface area contributed by atoms with Gasteiger partial charge in [0, 0.05) is 44.5 Å². The van der Waals surface area contributed by atoms with E-state index in [0.29, 0.717) is 31.2 Å². The summed E-state index contributed by atoms with van der Waals surface area (Å²) in [5, 5.41) is 11.8. The van der Waals surface area contributed by atoms with Gasteiger partial charge in [-0.1, -0.05) is 11.6 Å². The zero-order valence-electron chi connectivity index (χ0n) is 15.9. The van der Waals surface area contributed by atoms with Gasteiger partial charge in [-0.15, -0.1) is 0 Å². The van der Waals surface area contributed by atoms with Gasteiger partial charge in [-0.3, -0.25) is 19.2 Å². The van der Waals surface area contributed by atoms with E-state index in [-0.39, 0.29) is 35.9 Å². The van der Waals surface area contributed by atoms with Crippen LogP contribution in [0.4, 0.5) is 5.69 Å². The van der Waals surface area contributed by atoms with Gasteiger partial charge in [-0.05, 0) is 18.2 Å². The highest BCUT2D eigenvalue weighted by Crippen LogP contribution is 2.20. The number of amides is 3. The predicted octanol–water partition coefficient (Wildman–Crippen LogP) is 1.16. The number of anilines is 1. The van der Waals surface area contributed by atoms with Crippen LogP contribution in [0.2, 0.25) is 5.02 Å². The van der Waals surface area contributed by atoms with Crippen molar-refractivity contribution in [2.75, 3.05) is 38.1 Å². The minimum Gasteiger partial charge on any atom is -0.456 e. The van der Waals surface area contributed by atoms with Crippen LogP contribution in [0.15, 0.2) is 18.2 Å². The van der Waals surface area contributed by atoms with Gasteiger partial charge in [0.2, 0.25) is 11.8 Å². The fourth-order valence-corrected chi connectivity index (χ4v) is 2.93. The Morgan fingerprint density at radius 1 is 1.14 bits per heavy atom. The molecule has 1 N–H and O–H groups in total. The molecule has 0 saturated carbocycles. The van der Waals surface area contributed by atoms with Gasteiger partial charge in [0.25, 0.3) is 5.91 Å². The highest BCUT2D eigenvalue weighted by atomic mass is 35.5. The molecular weight excluding hydrogens is 400 g/mol. The summed E-state index contributed by atoms with van der Waals surface area (Å²) in [6.45, 7) is 2.74. The Labute approximate surface area is 173 Å². The van der Waals surface area contributed by atoms with Gasteiger partial charge in [0.1, 0.15) is 6.07 Å². The van der Waals surface area contributed by atoms with Crippen molar-refractivity contribution in [3.05, 3.63) is 28.8 Å². The Balaban J connectivity index is 1.71. The molecule has 0 bridgehead atoms. The van der Waals surface area contributed by atoms with E-state index in [1.54, 1.807) is 9.80 Å². The van der Waals surface area contributed by atoms with Crippen molar-refractivity contribution in [2.24, 2.45) is 0 Å². The fraction of sp³-hybridized carbons (Fsp3) is 0.421. The van der Waals surface area contributed by atoms with E-state index in [9.17, 15) is 19.2 Å². The van der Waals surface area contributed by atoms with Crippen molar-refractivity contribution in [1.29, 1.82) is 5.26 Å². The molecule has 2 rings (SSSR count). The lowest BCUT2D eigenvalue weighted by Gasteiger charge is -2.34. The van der Waals surface area contributed by atoms with Crippen molar-refractivity contribution < 1.29 is 23.9 Å². The Bertz CT molecular complexity index is 843. The number of hydrogen-bond acceptors (Lipinski definition) is 6. The maximum atomic E-state index is 12.2. The maximum Gasteiger partial charge on any atom is 0.306 e. The molecule has 1 fully saturated rings. The molecule has 0 aliphatic carbocycles. The van der Waals surface area contributed by atoms with Crippen molar-refractivity contribution >= 4 is 41.0 Å². The molecule has 154 valence electrons. The zero-order chi connectivity index (χ0) is 21.4. The number of benzene rings is 1. The molecule has 3 amide bonds. The number of carbonyl (C=O) groups excluding carboxylic acids is 4. The van der Waals surface area contributed by atoms with Crippen LogP contribution in [-0.4, -0.2) is 66.3 Å². The molecule has 0 aromatic heterocycles. The van der Waals surface area contributed by atoms with Crippen LogP contribution in [0.3, 0.4) is 0 Å². The summed E-state index contributed by atoms with van der Waals surface area (Å²) in [5.74, 6) is -1.53. The molecule has 10 heteroatoms. The number of hydrogen-bond donors (Lipinski definition) is 1. The number of nitrogens with zero attached hydrogens (tertiary/aromatic N) is 3. The second-order valence-corrected chi connectivity index (χ2v) is 6.83. The standard InChI is InChI=1S/C19H21ClN4O5/c1-13(25)23-6-8-24(9-7-23)18(27)4-5-19(28)29-12-17(26)22-16-10-15(20)3-2-14(16)11-21/h2-3,10H,4-9,12H2,1H3,(H,22,26). The van der Waals surface area contributed by atoms with E-state index in [1.165, 1.54) is 25.1 Å². The van der Waals surface area contributed by atoms with Gasteiger partial charge in [-0.25, -0.2) is 0 Å². The third-order valence-electron chi connectivity index (χ3n) is 4.36. The molecule has 29 heavy (non-hydrogen) atoms. The first-order chi connectivity index (χ1) is 13.8. The molecule has 0 radical (unpaired) electrons. The van der Waals surface area contributed by atoms with Gasteiger partial charge < -0.3 is 19.9 Å². The summed E-state index contributed by atoms with van der Waals surface area (Å²) in [5.41, 5.74) is 0.450. The highest BCUT2D eigenvalue weighted by Gasteiger charge is 2.23. The smallest absolute Gasteiger partial charge is 0.306 e. The number of nitrogens with one attached hydrogen (secondary N) is 1. The number of nitriles is 1. The van der Waals surface area contributed by atoms with E-state index < -0.39 is 18.5 Å². The molecule has 9 nitrogen and oxygen atoms in total.